The molecule has 20 heavy (non-hydrogen) atoms. The van der Waals surface area contributed by atoms with Gasteiger partial charge in [0, 0.05) is 6.54 Å². The predicted molar refractivity (Wildman–Crippen MR) is 74.1 cm³/mol. The fourth-order valence-corrected chi connectivity index (χ4v) is 2.91. The standard InChI is InChI=1S/C13H18FN3O2S/c1-17(2)9-4-3-8-16-20(18,19)13-7-5-6-12(14)11(13)10-15/h5-7,16H,3-4,8-9H2,1-2H3. The molecule has 0 amide bonds. The van der Waals surface area contributed by atoms with Crippen molar-refractivity contribution in [1.82, 2.24) is 9.62 Å². The second-order valence-electron chi connectivity index (χ2n) is 4.63. The smallest absolute Gasteiger partial charge is 0.241 e. The van der Waals surface area contributed by atoms with Gasteiger partial charge in [0.05, 0.1) is 0 Å². The van der Waals surface area contributed by atoms with Crippen LogP contribution in [0.4, 0.5) is 4.39 Å². The van der Waals surface area contributed by atoms with Crippen molar-refractivity contribution in [3.63, 3.8) is 0 Å². The topological polar surface area (TPSA) is 73.2 Å². The molecule has 1 N–H and O–H groups in total. The summed E-state index contributed by atoms with van der Waals surface area (Å²) in [4.78, 5) is 1.70. The lowest BCUT2D eigenvalue weighted by atomic mass is 10.2. The molecule has 0 spiro atoms. The molecule has 0 unspecified atom stereocenters. The van der Waals surface area contributed by atoms with E-state index in [1.165, 1.54) is 12.1 Å². The van der Waals surface area contributed by atoms with Gasteiger partial charge in [-0.1, -0.05) is 6.07 Å². The largest absolute Gasteiger partial charge is 0.309 e. The quantitative estimate of drug-likeness (QED) is 0.771. The Kier molecular flexibility index (Phi) is 6.07. The Balaban J connectivity index is 2.71. The number of hydrogen-bond acceptors (Lipinski definition) is 4. The Morgan fingerprint density at radius 1 is 1.35 bits per heavy atom. The second kappa shape index (κ2) is 7.33. The van der Waals surface area contributed by atoms with Crippen molar-refractivity contribution < 1.29 is 12.8 Å². The van der Waals surface area contributed by atoms with Crippen LogP contribution in [-0.2, 0) is 10.0 Å². The first kappa shape index (κ1) is 16.6. The molecule has 1 rings (SSSR count). The van der Waals surface area contributed by atoms with Crippen LogP contribution in [0.3, 0.4) is 0 Å². The van der Waals surface area contributed by atoms with Gasteiger partial charge in [-0.05, 0) is 45.6 Å². The zero-order chi connectivity index (χ0) is 15.2. The molecule has 0 aliphatic rings. The van der Waals surface area contributed by atoms with Crippen LogP contribution in [0.5, 0.6) is 0 Å². The van der Waals surface area contributed by atoms with Gasteiger partial charge >= 0.3 is 0 Å². The van der Waals surface area contributed by atoms with Crippen molar-refractivity contribution in [3.05, 3.63) is 29.6 Å². The molecular weight excluding hydrogens is 281 g/mol. The average molecular weight is 299 g/mol. The van der Waals surface area contributed by atoms with Crippen LogP contribution in [0, 0.1) is 17.1 Å². The summed E-state index contributed by atoms with van der Waals surface area (Å²) in [5.41, 5.74) is -0.451. The van der Waals surface area contributed by atoms with Gasteiger partial charge in [-0.3, -0.25) is 0 Å². The zero-order valence-corrected chi connectivity index (χ0v) is 12.4. The molecule has 0 aliphatic carbocycles. The van der Waals surface area contributed by atoms with Crippen molar-refractivity contribution in [2.45, 2.75) is 17.7 Å². The number of rotatable bonds is 7. The lowest BCUT2D eigenvalue weighted by Gasteiger charge is -2.10. The fourth-order valence-electron chi connectivity index (χ4n) is 1.67. The Morgan fingerprint density at radius 2 is 2.05 bits per heavy atom. The van der Waals surface area contributed by atoms with Crippen molar-refractivity contribution in [2.75, 3.05) is 27.2 Å². The highest BCUT2D eigenvalue weighted by molar-refractivity contribution is 7.89. The van der Waals surface area contributed by atoms with Gasteiger partial charge < -0.3 is 4.90 Å². The Labute approximate surface area is 119 Å². The van der Waals surface area contributed by atoms with Gasteiger partial charge in [-0.25, -0.2) is 17.5 Å². The number of benzene rings is 1. The summed E-state index contributed by atoms with van der Waals surface area (Å²) in [5.74, 6) is -0.831. The molecule has 0 fully saturated rings. The van der Waals surface area contributed by atoms with Crippen LogP contribution >= 0.6 is 0 Å². The second-order valence-corrected chi connectivity index (χ2v) is 6.37. The maximum Gasteiger partial charge on any atom is 0.241 e. The van der Waals surface area contributed by atoms with E-state index in [4.69, 9.17) is 5.26 Å². The molecule has 0 aliphatic heterocycles. The highest BCUT2D eigenvalue weighted by Crippen LogP contribution is 2.17. The first-order valence-electron chi connectivity index (χ1n) is 6.21. The van der Waals surface area contributed by atoms with Crippen LogP contribution in [0.1, 0.15) is 18.4 Å². The molecule has 0 aromatic heterocycles. The Hall–Kier alpha value is -1.49. The molecular formula is C13H18FN3O2S. The summed E-state index contributed by atoms with van der Waals surface area (Å²) >= 11 is 0. The summed E-state index contributed by atoms with van der Waals surface area (Å²) in [6, 6.07) is 5.15. The molecule has 1 aromatic carbocycles. The molecule has 110 valence electrons. The van der Waals surface area contributed by atoms with E-state index in [1.54, 1.807) is 6.07 Å². The molecule has 5 nitrogen and oxygen atoms in total. The number of unbranched alkanes of at least 4 members (excludes halogenated alkanes) is 1. The van der Waals surface area contributed by atoms with Gasteiger partial charge in [0.25, 0.3) is 0 Å². The summed E-state index contributed by atoms with van der Waals surface area (Å²) in [5, 5.41) is 8.85. The van der Waals surface area contributed by atoms with Crippen LogP contribution in [-0.4, -0.2) is 40.5 Å². The minimum Gasteiger partial charge on any atom is -0.309 e. The van der Waals surface area contributed by atoms with Crippen molar-refractivity contribution in [2.24, 2.45) is 0 Å². The first-order chi connectivity index (χ1) is 9.38. The van der Waals surface area contributed by atoms with E-state index in [9.17, 15) is 12.8 Å². The summed E-state index contributed by atoms with van der Waals surface area (Å²) < 4.78 is 39.8. The van der Waals surface area contributed by atoms with E-state index in [0.717, 1.165) is 19.0 Å². The van der Waals surface area contributed by atoms with Crippen molar-refractivity contribution >= 4 is 10.0 Å². The van der Waals surface area contributed by atoms with Gasteiger partial charge in [0.2, 0.25) is 10.0 Å². The maximum absolute atomic E-state index is 13.4. The molecule has 0 saturated heterocycles. The summed E-state index contributed by atoms with van der Waals surface area (Å²) in [6.45, 7) is 1.13. The minimum atomic E-state index is -3.85. The lowest BCUT2D eigenvalue weighted by molar-refractivity contribution is 0.394. The highest BCUT2D eigenvalue weighted by atomic mass is 32.2. The Bertz CT molecular complexity index is 594. The minimum absolute atomic E-state index is 0.261. The summed E-state index contributed by atoms with van der Waals surface area (Å²) in [6.07, 6.45) is 1.53. The van der Waals surface area contributed by atoms with Crippen LogP contribution < -0.4 is 4.72 Å². The number of hydrogen-bond donors (Lipinski definition) is 1. The molecule has 1 aromatic rings. The highest BCUT2D eigenvalue weighted by Gasteiger charge is 2.20. The molecule has 0 radical (unpaired) electrons. The maximum atomic E-state index is 13.4. The molecule has 0 heterocycles. The molecule has 7 heteroatoms. The van der Waals surface area contributed by atoms with Gasteiger partial charge in [0.1, 0.15) is 22.3 Å². The van der Waals surface area contributed by atoms with E-state index >= 15 is 0 Å². The third-order valence-electron chi connectivity index (χ3n) is 2.70. The van der Waals surface area contributed by atoms with E-state index < -0.39 is 21.4 Å². The number of nitriles is 1. The average Bonchev–Trinajstić information content (AvgIpc) is 2.37. The van der Waals surface area contributed by atoms with Crippen LogP contribution in [0.15, 0.2) is 23.1 Å². The monoisotopic (exact) mass is 299 g/mol. The number of nitrogens with one attached hydrogen (secondary N) is 1. The molecule has 0 atom stereocenters. The molecule has 0 bridgehead atoms. The number of sulfonamides is 1. The van der Waals surface area contributed by atoms with E-state index in [2.05, 4.69) is 4.72 Å². The van der Waals surface area contributed by atoms with Gasteiger partial charge in [0.15, 0.2) is 0 Å². The SMILES string of the molecule is CN(C)CCCCNS(=O)(=O)c1cccc(F)c1C#N. The summed E-state index contributed by atoms with van der Waals surface area (Å²) in [7, 11) is 0.0288. The third kappa shape index (κ3) is 4.56. The Morgan fingerprint density at radius 3 is 2.65 bits per heavy atom. The lowest BCUT2D eigenvalue weighted by Crippen LogP contribution is -2.26. The van der Waals surface area contributed by atoms with E-state index in [0.29, 0.717) is 6.42 Å². The third-order valence-corrected chi connectivity index (χ3v) is 4.20. The first-order valence-corrected chi connectivity index (χ1v) is 7.70. The fraction of sp³-hybridized carbons (Fsp3) is 0.462. The number of nitrogens with zero attached hydrogens (tertiary/aromatic N) is 2. The normalized spacial score (nSPS) is 11.6. The van der Waals surface area contributed by atoms with E-state index in [1.807, 2.05) is 19.0 Å². The zero-order valence-electron chi connectivity index (χ0n) is 11.6. The van der Waals surface area contributed by atoms with Crippen LogP contribution in [0.25, 0.3) is 0 Å². The van der Waals surface area contributed by atoms with E-state index in [-0.39, 0.29) is 11.4 Å². The van der Waals surface area contributed by atoms with Crippen molar-refractivity contribution in [1.29, 1.82) is 5.26 Å². The van der Waals surface area contributed by atoms with Gasteiger partial charge in [-0.15, -0.1) is 0 Å². The van der Waals surface area contributed by atoms with Crippen molar-refractivity contribution in [3.8, 4) is 6.07 Å². The molecule has 0 saturated carbocycles. The number of halogens is 1. The predicted octanol–water partition coefficient (Wildman–Crippen LogP) is 1.32. The van der Waals surface area contributed by atoms with Gasteiger partial charge in [-0.2, -0.15) is 5.26 Å². The van der Waals surface area contributed by atoms with Crippen LogP contribution in [0.2, 0.25) is 0 Å².